The third kappa shape index (κ3) is 4.15. The molecule has 0 radical (unpaired) electrons. The second-order valence-electron chi connectivity index (χ2n) is 7.50. The lowest BCUT2D eigenvalue weighted by Crippen LogP contribution is -2.47. The Morgan fingerprint density at radius 1 is 1.12 bits per heavy atom. The molecular formula is C25H30N2O5. The highest BCUT2D eigenvalue weighted by molar-refractivity contribution is 6.01. The van der Waals surface area contributed by atoms with Crippen molar-refractivity contribution in [2.75, 3.05) is 34.4 Å². The number of hydrogen-bond donors (Lipinski definition) is 1. The van der Waals surface area contributed by atoms with E-state index in [2.05, 4.69) is 11.9 Å². The molecule has 0 saturated heterocycles. The molecule has 7 nitrogen and oxygen atoms in total. The van der Waals surface area contributed by atoms with Gasteiger partial charge in [-0.2, -0.15) is 0 Å². The Hall–Kier alpha value is -3.48. The largest absolute Gasteiger partial charge is 0.493 e. The summed E-state index contributed by atoms with van der Waals surface area (Å²) in [5, 5.41) is 2.92. The summed E-state index contributed by atoms with van der Waals surface area (Å²) in [6, 6.07) is 10.4. The summed E-state index contributed by atoms with van der Waals surface area (Å²) < 4.78 is 16.5. The lowest BCUT2D eigenvalue weighted by molar-refractivity contribution is -0.124. The van der Waals surface area contributed by atoms with Crippen LogP contribution in [0.3, 0.4) is 0 Å². The smallest absolute Gasteiger partial charge is 0.254 e. The molecule has 0 aromatic heterocycles. The van der Waals surface area contributed by atoms with Gasteiger partial charge in [0, 0.05) is 18.7 Å². The highest BCUT2D eigenvalue weighted by atomic mass is 16.5. The summed E-state index contributed by atoms with van der Waals surface area (Å²) in [7, 11) is 4.62. The van der Waals surface area contributed by atoms with Crippen molar-refractivity contribution in [3.05, 3.63) is 65.7 Å². The number of carbonyl (C=O) groups is 2. The molecule has 32 heavy (non-hydrogen) atoms. The van der Waals surface area contributed by atoms with Crippen LogP contribution in [0.15, 0.2) is 49.1 Å². The fourth-order valence-corrected chi connectivity index (χ4v) is 4.29. The molecule has 0 unspecified atom stereocenters. The zero-order chi connectivity index (χ0) is 23.3. The molecule has 2 atom stereocenters. The van der Waals surface area contributed by atoms with Crippen molar-refractivity contribution in [3.8, 4) is 17.2 Å². The molecule has 0 fully saturated rings. The Kier molecular flexibility index (Phi) is 7.41. The van der Waals surface area contributed by atoms with E-state index in [0.717, 1.165) is 12.0 Å². The number of hydrogen-bond acceptors (Lipinski definition) is 5. The van der Waals surface area contributed by atoms with E-state index in [1.165, 1.54) is 7.11 Å². The third-order valence-electron chi connectivity index (χ3n) is 5.63. The SMILES string of the molecule is C=CCNC(=O)[C@H]1c2ccccc2C(=O)N(CCC)[C@@H]1c1cc(OC)c(OC)c(OC)c1. The molecule has 2 aromatic carbocycles. The Morgan fingerprint density at radius 3 is 2.34 bits per heavy atom. The predicted molar refractivity (Wildman–Crippen MR) is 123 cm³/mol. The molecule has 1 aliphatic heterocycles. The van der Waals surface area contributed by atoms with Crippen molar-refractivity contribution in [3.63, 3.8) is 0 Å². The molecule has 3 rings (SSSR count). The third-order valence-corrected chi connectivity index (χ3v) is 5.63. The second-order valence-corrected chi connectivity index (χ2v) is 7.50. The molecule has 2 amide bonds. The van der Waals surface area contributed by atoms with E-state index < -0.39 is 12.0 Å². The summed E-state index contributed by atoms with van der Waals surface area (Å²) in [6.45, 7) is 6.53. The summed E-state index contributed by atoms with van der Waals surface area (Å²) >= 11 is 0. The summed E-state index contributed by atoms with van der Waals surface area (Å²) in [5.74, 6) is 0.498. The number of nitrogens with zero attached hydrogens (tertiary/aromatic N) is 1. The van der Waals surface area contributed by atoms with Gasteiger partial charge in [-0.15, -0.1) is 6.58 Å². The Balaban J connectivity index is 2.26. The van der Waals surface area contributed by atoms with Gasteiger partial charge in [-0.25, -0.2) is 0 Å². The van der Waals surface area contributed by atoms with E-state index in [1.807, 2.05) is 37.3 Å². The van der Waals surface area contributed by atoms with E-state index >= 15 is 0 Å². The lowest BCUT2D eigenvalue weighted by atomic mass is 9.79. The van der Waals surface area contributed by atoms with Crippen molar-refractivity contribution in [2.24, 2.45) is 0 Å². The van der Waals surface area contributed by atoms with Crippen LogP contribution in [0.4, 0.5) is 0 Å². The Morgan fingerprint density at radius 2 is 1.78 bits per heavy atom. The standard InChI is InChI=1S/C25H30N2O5/c1-6-12-26-24(28)21-17-10-8-9-11-18(17)25(29)27(13-7-2)22(21)16-14-19(30-3)23(32-5)20(15-16)31-4/h6,8-11,14-15,21-22H,1,7,12-13H2,2-5H3,(H,26,28)/t21-,22+/m0/s1. The molecule has 1 N–H and O–H groups in total. The minimum Gasteiger partial charge on any atom is -0.493 e. The molecule has 0 bridgehead atoms. The van der Waals surface area contributed by atoms with Crippen LogP contribution in [0.25, 0.3) is 0 Å². The predicted octanol–water partition coefficient (Wildman–Crippen LogP) is 3.71. The molecule has 7 heteroatoms. The van der Waals surface area contributed by atoms with Crippen molar-refractivity contribution >= 4 is 11.8 Å². The first-order valence-corrected chi connectivity index (χ1v) is 10.6. The van der Waals surface area contributed by atoms with Crippen molar-refractivity contribution in [1.29, 1.82) is 0 Å². The number of methoxy groups -OCH3 is 3. The van der Waals surface area contributed by atoms with Crippen LogP contribution in [0.2, 0.25) is 0 Å². The molecule has 0 spiro atoms. The topological polar surface area (TPSA) is 77.1 Å². The maximum Gasteiger partial charge on any atom is 0.254 e. The average molecular weight is 439 g/mol. The van der Waals surface area contributed by atoms with E-state index in [4.69, 9.17) is 14.2 Å². The number of benzene rings is 2. The first-order chi connectivity index (χ1) is 15.5. The molecule has 0 saturated carbocycles. The van der Waals surface area contributed by atoms with Gasteiger partial charge in [-0.3, -0.25) is 9.59 Å². The minimum atomic E-state index is -0.613. The molecule has 1 aliphatic rings. The summed E-state index contributed by atoms with van der Waals surface area (Å²) in [4.78, 5) is 28.7. The van der Waals surface area contributed by atoms with Gasteiger partial charge in [0.25, 0.3) is 5.91 Å². The van der Waals surface area contributed by atoms with Crippen LogP contribution in [0, 0.1) is 0 Å². The highest BCUT2D eigenvalue weighted by Crippen LogP contribution is 2.47. The van der Waals surface area contributed by atoms with Crippen LogP contribution in [-0.4, -0.2) is 51.1 Å². The van der Waals surface area contributed by atoms with Gasteiger partial charge in [-0.05, 0) is 35.7 Å². The average Bonchev–Trinajstić information content (AvgIpc) is 2.83. The van der Waals surface area contributed by atoms with Crippen LogP contribution in [-0.2, 0) is 4.79 Å². The fourth-order valence-electron chi connectivity index (χ4n) is 4.29. The van der Waals surface area contributed by atoms with Crippen LogP contribution >= 0.6 is 0 Å². The van der Waals surface area contributed by atoms with E-state index in [9.17, 15) is 9.59 Å². The number of ether oxygens (including phenoxy) is 3. The number of amides is 2. The Labute approximate surface area is 189 Å². The highest BCUT2D eigenvalue weighted by Gasteiger charge is 2.44. The van der Waals surface area contributed by atoms with Crippen molar-refractivity contribution in [1.82, 2.24) is 10.2 Å². The van der Waals surface area contributed by atoms with Gasteiger partial charge >= 0.3 is 0 Å². The van der Waals surface area contributed by atoms with E-state index in [0.29, 0.717) is 41.5 Å². The van der Waals surface area contributed by atoms with Crippen LogP contribution < -0.4 is 19.5 Å². The molecule has 1 heterocycles. The molecular weight excluding hydrogens is 408 g/mol. The van der Waals surface area contributed by atoms with Gasteiger partial charge in [-0.1, -0.05) is 31.2 Å². The summed E-state index contributed by atoms with van der Waals surface area (Å²) in [5.41, 5.74) is 1.98. The number of fused-ring (bicyclic) bond motifs is 1. The maximum atomic E-state index is 13.5. The van der Waals surface area contributed by atoms with Crippen LogP contribution in [0.5, 0.6) is 17.2 Å². The van der Waals surface area contributed by atoms with Crippen molar-refractivity contribution < 1.29 is 23.8 Å². The van der Waals surface area contributed by atoms with Gasteiger partial charge in [0.1, 0.15) is 0 Å². The normalized spacial score (nSPS) is 17.4. The van der Waals surface area contributed by atoms with Gasteiger partial charge < -0.3 is 24.4 Å². The van der Waals surface area contributed by atoms with Gasteiger partial charge in [0.15, 0.2) is 11.5 Å². The molecule has 170 valence electrons. The van der Waals surface area contributed by atoms with Gasteiger partial charge in [0.2, 0.25) is 11.7 Å². The van der Waals surface area contributed by atoms with Gasteiger partial charge in [0.05, 0.1) is 33.3 Å². The van der Waals surface area contributed by atoms with Crippen LogP contribution in [0.1, 0.15) is 46.8 Å². The Bertz CT molecular complexity index is 979. The van der Waals surface area contributed by atoms with Crippen molar-refractivity contribution in [2.45, 2.75) is 25.3 Å². The first kappa shape index (κ1) is 23.2. The first-order valence-electron chi connectivity index (χ1n) is 10.6. The number of carbonyl (C=O) groups excluding carboxylic acids is 2. The second kappa shape index (κ2) is 10.2. The number of rotatable bonds is 9. The molecule has 0 aliphatic carbocycles. The maximum absolute atomic E-state index is 13.5. The zero-order valence-electron chi connectivity index (χ0n) is 19.0. The minimum absolute atomic E-state index is 0.103. The quantitative estimate of drug-likeness (QED) is 0.604. The monoisotopic (exact) mass is 438 g/mol. The van der Waals surface area contributed by atoms with E-state index in [1.54, 1.807) is 31.3 Å². The zero-order valence-corrected chi connectivity index (χ0v) is 19.0. The summed E-state index contributed by atoms with van der Waals surface area (Å²) in [6.07, 6.45) is 2.38. The van der Waals surface area contributed by atoms with E-state index in [-0.39, 0.29) is 11.8 Å². The fraction of sp³-hybridized carbons (Fsp3) is 0.360. The number of nitrogens with one attached hydrogen (secondary N) is 1. The molecule has 2 aromatic rings. The lowest BCUT2D eigenvalue weighted by Gasteiger charge is -2.42.